The average Bonchev–Trinajstić information content (AvgIpc) is 1.56. The Morgan fingerprint density at radius 1 is 0.455 bits per heavy atom. The highest BCUT2D eigenvalue weighted by Crippen LogP contribution is 2.47. The number of aryl methyl sites for hydroxylation is 3. The zero-order valence-corrected chi connectivity index (χ0v) is 52.0. The third kappa shape index (κ3) is 13.2. The summed E-state index contributed by atoms with van der Waals surface area (Å²) in [5, 5.41) is 2.68. The van der Waals surface area contributed by atoms with Crippen molar-refractivity contribution in [3.63, 3.8) is 0 Å². The van der Waals surface area contributed by atoms with Gasteiger partial charge < -0.3 is 15.0 Å². The average molecular weight is 1220 g/mol. The van der Waals surface area contributed by atoms with Crippen LogP contribution in [0, 0.1) is 40.9 Å². The number of halogens is 10. The van der Waals surface area contributed by atoms with Gasteiger partial charge in [0.2, 0.25) is 5.95 Å². The topological polar surface area (TPSA) is 82.9 Å². The summed E-state index contributed by atoms with van der Waals surface area (Å²) in [7, 11) is 0. The van der Waals surface area contributed by atoms with Gasteiger partial charge in [0.1, 0.15) is 51.9 Å². The highest BCUT2D eigenvalue weighted by molar-refractivity contribution is 5.87. The Hall–Kier alpha value is -7.02. The molecule has 3 aliphatic heterocycles. The number of nitrogens with zero attached hydrogens (tertiary/aromatic N) is 5. The fraction of sp³-hybridized carbons (Fsp3) is 0.429. The summed E-state index contributed by atoms with van der Waals surface area (Å²) in [6, 6.07) is 19.7. The molecule has 5 aromatic heterocycles. The van der Waals surface area contributed by atoms with Crippen molar-refractivity contribution in [1.29, 1.82) is 0 Å². The lowest BCUT2D eigenvalue weighted by Crippen LogP contribution is -2.48. The van der Waals surface area contributed by atoms with Crippen LogP contribution in [-0.4, -0.2) is 94.4 Å². The Morgan fingerprint density at radius 2 is 0.830 bits per heavy atom. The number of hydrogen-bond donors (Lipinski definition) is 3. The van der Waals surface area contributed by atoms with Crippen LogP contribution in [0.15, 0.2) is 91.1 Å². The minimum Gasteiger partial charge on any atom is -0.356 e. The maximum absolute atomic E-state index is 15.2. The van der Waals surface area contributed by atoms with Crippen molar-refractivity contribution in [2.24, 2.45) is 0 Å². The van der Waals surface area contributed by atoms with Crippen molar-refractivity contribution in [3.8, 4) is 0 Å². The van der Waals surface area contributed by atoms with Crippen LogP contribution in [0.25, 0.3) is 32.7 Å². The molecule has 0 fully saturated rings. The second-order valence-electron chi connectivity index (χ2n) is 26.1. The van der Waals surface area contributed by atoms with Crippen LogP contribution >= 0.6 is 0 Å². The van der Waals surface area contributed by atoms with E-state index in [1.54, 1.807) is 42.7 Å². The van der Waals surface area contributed by atoms with Crippen LogP contribution in [-0.2, 0) is 38.5 Å². The van der Waals surface area contributed by atoms with Gasteiger partial charge in [-0.3, -0.25) is 19.7 Å². The molecule has 12 rings (SSSR count). The summed E-state index contributed by atoms with van der Waals surface area (Å²) in [5.74, 6) is -3.96. The summed E-state index contributed by atoms with van der Waals surface area (Å²) in [6.07, 6.45) is 5.60. The zero-order valence-electron chi connectivity index (χ0n) is 52.0. The van der Waals surface area contributed by atoms with Crippen LogP contribution in [0.2, 0.25) is 0 Å². The minimum absolute atomic E-state index is 0.0103. The first-order valence-corrected chi connectivity index (χ1v) is 30.5. The van der Waals surface area contributed by atoms with E-state index in [1.165, 1.54) is 87.9 Å². The smallest absolute Gasteiger partial charge is 0.221 e. The first kappa shape index (κ1) is 64.0. The first-order valence-electron chi connectivity index (χ1n) is 30.5. The van der Waals surface area contributed by atoms with Gasteiger partial charge in [0, 0.05) is 111 Å². The largest absolute Gasteiger partial charge is 0.356 e. The van der Waals surface area contributed by atoms with E-state index in [2.05, 4.69) is 49.7 Å². The molecule has 0 saturated heterocycles. The molecule has 18 heteroatoms. The van der Waals surface area contributed by atoms with Gasteiger partial charge in [0.25, 0.3) is 0 Å². The lowest BCUT2D eigenvalue weighted by Gasteiger charge is -2.43. The lowest BCUT2D eigenvalue weighted by molar-refractivity contribution is 0.0639. The van der Waals surface area contributed by atoms with Gasteiger partial charge in [-0.25, -0.2) is 44.5 Å². The van der Waals surface area contributed by atoms with Crippen molar-refractivity contribution in [2.45, 2.75) is 175 Å². The normalized spacial score (nSPS) is 20.2. The second kappa shape index (κ2) is 24.7. The summed E-state index contributed by atoms with van der Waals surface area (Å²) >= 11 is 0. The Balaban J connectivity index is 0.000000146. The number of rotatable bonds is 12. The quantitative estimate of drug-likeness (QED) is 0.0839. The number of alkyl halides is 3. The summed E-state index contributed by atoms with van der Waals surface area (Å²) in [5.41, 5.74) is 5.23. The molecule has 8 nitrogen and oxygen atoms in total. The molecule has 3 aliphatic rings. The van der Waals surface area contributed by atoms with E-state index in [9.17, 15) is 26.3 Å². The molecule has 9 aromatic rings. The summed E-state index contributed by atoms with van der Waals surface area (Å²) in [4.78, 5) is 24.1. The van der Waals surface area contributed by atoms with Gasteiger partial charge >= 0.3 is 0 Å². The van der Waals surface area contributed by atoms with Gasteiger partial charge in [-0.1, -0.05) is 26.8 Å². The van der Waals surface area contributed by atoms with Crippen molar-refractivity contribution < 1.29 is 43.9 Å². The van der Waals surface area contributed by atoms with E-state index in [4.69, 9.17) is 0 Å². The van der Waals surface area contributed by atoms with Crippen molar-refractivity contribution >= 4 is 32.7 Å². The number of aromatic amines is 3. The standard InChI is InChI=1S/C24H26F4N2.C23H25F4N3.C23H27F2N3/c1-5-14-9-18(26)21(19(27)10-14)23-22-17(8-13(2)30(23)12-24(3,4)28)16-7-6-15(25)11-20(16)29-22;1-5-14-10-17(25)19(22(26)28-14)21-20-16(8-12(2)30(21)11-23(3,4)27)15-7-6-13(24)9-18(15)29-20;1-5-17-8-6-15(12-26-17)22-21-19(10-14(2)28(22)13-23(3,4)25)18-9-7-16(24)11-20(18)27-21/h6-7,9-11,13,23,29H,5,8,12H2,1-4H3;6-7,9-10,12,21,29H,5,8,11H2,1-4H3;6-9,11-12,14,22,27H,5,10,13H2,1-4H3. The molecule has 0 bridgehead atoms. The predicted octanol–water partition coefficient (Wildman–Crippen LogP) is 17.2. The van der Waals surface area contributed by atoms with Crippen LogP contribution in [0.4, 0.5) is 43.9 Å². The molecule has 4 aromatic carbocycles. The Labute approximate surface area is 508 Å². The van der Waals surface area contributed by atoms with Gasteiger partial charge in [-0.2, -0.15) is 4.39 Å². The molecule has 0 aliphatic carbocycles. The molecule has 0 saturated carbocycles. The predicted molar refractivity (Wildman–Crippen MR) is 328 cm³/mol. The molecule has 0 amide bonds. The SMILES string of the molecule is CCc1cc(F)c(C2c3[nH]c4cc(F)ccc4c3CC(C)N2CC(C)(C)F)c(F)c1.CCc1cc(F)c(C2c3[nH]c4cc(F)ccc4c3CC(C)N2CC(C)(C)F)c(F)n1.CCc1ccc(C2c3[nH]c4cc(F)ccc4c3CC(C)N2CC(C)(C)F)cn1. The van der Waals surface area contributed by atoms with Crippen LogP contribution in [0.1, 0.15) is 169 Å². The molecule has 0 spiro atoms. The fourth-order valence-electron chi connectivity index (χ4n) is 13.5. The first-order chi connectivity index (χ1) is 41.4. The zero-order chi connectivity index (χ0) is 63.6. The van der Waals surface area contributed by atoms with E-state index in [1.807, 2.05) is 39.1 Å². The van der Waals surface area contributed by atoms with E-state index in [0.29, 0.717) is 65.9 Å². The van der Waals surface area contributed by atoms with Crippen molar-refractivity contribution in [3.05, 3.63) is 199 Å². The van der Waals surface area contributed by atoms with Gasteiger partial charge in [-0.15, -0.1) is 0 Å². The molecule has 8 heterocycles. The van der Waals surface area contributed by atoms with E-state index in [-0.39, 0.29) is 54.2 Å². The van der Waals surface area contributed by atoms with Gasteiger partial charge in [0.05, 0.1) is 23.7 Å². The summed E-state index contributed by atoms with van der Waals surface area (Å²) < 4.78 is 146. The third-order valence-corrected chi connectivity index (χ3v) is 17.4. The number of pyridine rings is 2. The number of nitrogens with one attached hydrogen (secondary N) is 3. The van der Waals surface area contributed by atoms with Crippen LogP contribution < -0.4 is 0 Å². The highest BCUT2D eigenvalue weighted by Gasteiger charge is 2.44. The third-order valence-electron chi connectivity index (χ3n) is 17.4. The maximum atomic E-state index is 15.2. The molecule has 468 valence electrons. The maximum Gasteiger partial charge on any atom is 0.221 e. The molecule has 0 radical (unpaired) electrons. The molecule has 6 atom stereocenters. The van der Waals surface area contributed by atoms with E-state index >= 15 is 17.6 Å². The van der Waals surface area contributed by atoms with Crippen LogP contribution in [0.3, 0.4) is 0 Å². The number of H-pyrrole nitrogens is 3. The lowest BCUT2D eigenvalue weighted by atomic mass is 9.86. The molecule has 3 N–H and O–H groups in total. The number of fused-ring (bicyclic) bond motifs is 9. The molecular formula is C70H78F10N8. The fourth-order valence-corrected chi connectivity index (χ4v) is 13.5. The molecule has 88 heavy (non-hydrogen) atoms. The number of benzene rings is 4. The van der Waals surface area contributed by atoms with E-state index in [0.717, 1.165) is 62.6 Å². The number of hydrogen-bond acceptors (Lipinski definition) is 5. The van der Waals surface area contributed by atoms with Crippen molar-refractivity contribution in [1.82, 2.24) is 39.6 Å². The van der Waals surface area contributed by atoms with Gasteiger partial charge in [-0.05, 0) is 208 Å². The Morgan fingerprint density at radius 3 is 1.18 bits per heavy atom. The monoisotopic (exact) mass is 1220 g/mol. The van der Waals surface area contributed by atoms with Crippen LogP contribution in [0.5, 0.6) is 0 Å². The summed E-state index contributed by atoms with van der Waals surface area (Å²) in [6.45, 7) is 21.0. The molecule has 6 unspecified atom stereocenters. The van der Waals surface area contributed by atoms with Gasteiger partial charge in [0.15, 0.2) is 0 Å². The minimum atomic E-state index is -1.58. The molecular weight excluding hydrogens is 1140 g/mol. The second-order valence-corrected chi connectivity index (χ2v) is 26.1. The van der Waals surface area contributed by atoms with Crippen molar-refractivity contribution in [2.75, 3.05) is 19.6 Å². The Kier molecular flexibility index (Phi) is 18.0. The number of aromatic nitrogens is 5. The Bertz CT molecular complexity index is 3780. The van der Waals surface area contributed by atoms with E-state index < -0.39 is 64.1 Å². The highest BCUT2D eigenvalue weighted by atomic mass is 19.2.